The fraction of sp³-hybridized carbons (Fsp3) is 0.400. The van der Waals surface area contributed by atoms with Crippen molar-refractivity contribution in [2.24, 2.45) is 5.73 Å². The van der Waals surface area contributed by atoms with Crippen LogP contribution in [-0.2, 0) is 9.84 Å². The summed E-state index contributed by atoms with van der Waals surface area (Å²) in [6, 6.07) is 8.98. The van der Waals surface area contributed by atoms with Crippen LogP contribution in [0.2, 0.25) is 0 Å². The van der Waals surface area contributed by atoms with Crippen LogP contribution in [0.3, 0.4) is 0 Å². The van der Waals surface area contributed by atoms with Gasteiger partial charge >= 0.3 is 0 Å². The zero-order valence-corrected chi connectivity index (χ0v) is 13.0. The Morgan fingerprint density at radius 3 is 2.45 bits per heavy atom. The van der Waals surface area contributed by atoms with E-state index in [1.165, 1.54) is 6.26 Å². The molecule has 1 aromatic carbocycles. The van der Waals surface area contributed by atoms with Crippen molar-refractivity contribution >= 4 is 20.7 Å². The Bertz CT molecular complexity index is 752. The van der Waals surface area contributed by atoms with Gasteiger partial charge in [-0.1, -0.05) is 12.1 Å². The van der Waals surface area contributed by atoms with E-state index in [0.29, 0.717) is 0 Å². The highest BCUT2D eigenvalue weighted by molar-refractivity contribution is 7.92. The van der Waals surface area contributed by atoms with Crippen LogP contribution >= 0.6 is 0 Å². The molecule has 1 aromatic heterocycles. The molecule has 0 radical (unpaired) electrons. The van der Waals surface area contributed by atoms with Gasteiger partial charge in [0.1, 0.15) is 0 Å². The van der Waals surface area contributed by atoms with E-state index in [1.807, 2.05) is 37.3 Å². The molecule has 0 fully saturated rings. The lowest BCUT2D eigenvalue weighted by Gasteiger charge is -2.30. The third-order valence-corrected chi connectivity index (χ3v) is 6.08. The Labute approximate surface area is 119 Å². The van der Waals surface area contributed by atoms with Crippen molar-refractivity contribution in [1.29, 1.82) is 0 Å². The van der Waals surface area contributed by atoms with E-state index in [-0.39, 0.29) is 0 Å². The van der Waals surface area contributed by atoms with Crippen LogP contribution in [0.25, 0.3) is 10.9 Å². The topological polar surface area (TPSA) is 73.1 Å². The minimum atomic E-state index is -3.25. The molecule has 0 spiro atoms. The highest BCUT2D eigenvalue weighted by Crippen LogP contribution is 2.31. The fourth-order valence-corrected chi connectivity index (χ4v) is 2.67. The predicted molar refractivity (Wildman–Crippen MR) is 82.3 cm³/mol. The molecule has 0 aliphatic heterocycles. The fourth-order valence-electron chi connectivity index (χ4n) is 2.07. The number of aryl methyl sites for hydroxylation is 1. The van der Waals surface area contributed by atoms with Crippen molar-refractivity contribution in [3.63, 3.8) is 0 Å². The number of nitrogens with two attached hydrogens (primary N) is 1. The number of nitrogens with zero attached hydrogens (tertiary/aromatic N) is 1. The second-order valence-electron chi connectivity index (χ2n) is 5.76. The number of sulfone groups is 1. The molecule has 2 rings (SSSR count). The molecule has 108 valence electrons. The predicted octanol–water partition coefficient (Wildman–Crippen LogP) is 2.37. The van der Waals surface area contributed by atoms with Gasteiger partial charge in [-0.3, -0.25) is 4.98 Å². The molecule has 1 heterocycles. The van der Waals surface area contributed by atoms with Crippen LogP contribution in [-0.4, -0.2) is 24.4 Å². The average Bonchev–Trinajstić information content (AvgIpc) is 2.35. The number of fused-ring (bicyclic) bond motifs is 1. The smallest absolute Gasteiger partial charge is 0.154 e. The quantitative estimate of drug-likeness (QED) is 0.942. The van der Waals surface area contributed by atoms with Crippen molar-refractivity contribution in [3.8, 4) is 0 Å². The van der Waals surface area contributed by atoms with E-state index < -0.39 is 20.6 Å². The summed E-state index contributed by atoms with van der Waals surface area (Å²) in [5.41, 5.74) is 8.82. The van der Waals surface area contributed by atoms with Crippen LogP contribution in [0.1, 0.15) is 31.1 Å². The van der Waals surface area contributed by atoms with Crippen LogP contribution in [0, 0.1) is 6.92 Å². The summed E-state index contributed by atoms with van der Waals surface area (Å²) in [7, 11) is -3.25. The lowest BCUT2D eigenvalue weighted by atomic mass is 9.95. The molecule has 2 N–H and O–H groups in total. The highest BCUT2D eigenvalue weighted by Gasteiger charge is 2.37. The summed E-state index contributed by atoms with van der Waals surface area (Å²) < 4.78 is 22.8. The third kappa shape index (κ3) is 2.55. The third-order valence-electron chi connectivity index (χ3n) is 3.92. The maximum Gasteiger partial charge on any atom is 0.154 e. The zero-order chi connectivity index (χ0) is 15.1. The standard InChI is InChI=1S/C15H20N2O2S/c1-10-5-6-11-9-12(7-8-13(11)17-10)14(16)15(2,3)20(4,18)19/h5-9,14H,16H2,1-4H3. The number of aromatic nitrogens is 1. The summed E-state index contributed by atoms with van der Waals surface area (Å²) in [6.07, 6.45) is 1.22. The van der Waals surface area contributed by atoms with Crippen LogP contribution in [0.5, 0.6) is 0 Å². The largest absolute Gasteiger partial charge is 0.323 e. The van der Waals surface area contributed by atoms with Gasteiger partial charge in [-0.2, -0.15) is 0 Å². The van der Waals surface area contributed by atoms with Crippen molar-refractivity contribution < 1.29 is 8.42 Å². The Morgan fingerprint density at radius 1 is 1.20 bits per heavy atom. The number of rotatable bonds is 3. The summed E-state index contributed by atoms with van der Waals surface area (Å²) in [5.74, 6) is 0. The van der Waals surface area contributed by atoms with Gasteiger partial charge in [-0.15, -0.1) is 0 Å². The minimum Gasteiger partial charge on any atom is -0.323 e. The first kappa shape index (κ1) is 14.9. The SMILES string of the molecule is Cc1ccc2cc(C(N)C(C)(C)S(C)(=O)=O)ccc2n1. The molecule has 4 nitrogen and oxygen atoms in total. The van der Waals surface area contributed by atoms with Gasteiger partial charge in [0.2, 0.25) is 0 Å². The molecule has 1 atom stereocenters. The molecule has 0 aliphatic carbocycles. The first-order valence-electron chi connectivity index (χ1n) is 6.45. The van der Waals surface area contributed by atoms with E-state index in [4.69, 9.17) is 5.73 Å². The normalized spacial score (nSPS) is 14.4. The van der Waals surface area contributed by atoms with Crippen molar-refractivity contribution in [2.45, 2.75) is 31.6 Å². The van der Waals surface area contributed by atoms with Crippen LogP contribution in [0.15, 0.2) is 30.3 Å². The molecule has 0 saturated carbocycles. The van der Waals surface area contributed by atoms with Gasteiger partial charge in [-0.05, 0) is 44.5 Å². The molecule has 20 heavy (non-hydrogen) atoms. The van der Waals surface area contributed by atoms with Gasteiger partial charge in [0, 0.05) is 23.4 Å². The molecule has 0 amide bonds. The minimum absolute atomic E-state index is 0.580. The number of benzene rings is 1. The van der Waals surface area contributed by atoms with Crippen LogP contribution in [0.4, 0.5) is 0 Å². The Hall–Kier alpha value is -1.46. The monoisotopic (exact) mass is 292 g/mol. The molecule has 5 heteroatoms. The van der Waals surface area contributed by atoms with E-state index in [9.17, 15) is 8.42 Å². The van der Waals surface area contributed by atoms with Crippen LogP contribution < -0.4 is 5.73 Å². The Balaban J connectivity index is 2.51. The van der Waals surface area contributed by atoms with Crippen molar-refractivity contribution in [3.05, 3.63) is 41.6 Å². The van der Waals surface area contributed by atoms with E-state index >= 15 is 0 Å². The first-order valence-corrected chi connectivity index (χ1v) is 8.34. The number of hydrogen-bond acceptors (Lipinski definition) is 4. The summed E-state index contributed by atoms with van der Waals surface area (Å²) >= 11 is 0. The first-order chi connectivity index (χ1) is 9.13. The molecule has 0 aliphatic rings. The van der Waals surface area contributed by atoms with Gasteiger partial charge in [-0.25, -0.2) is 8.42 Å². The maximum atomic E-state index is 11.9. The molecule has 2 aromatic rings. The van der Waals surface area contributed by atoms with E-state index in [1.54, 1.807) is 13.8 Å². The number of hydrogen-bond donors (Lipinski definition) is 1. The summed E-state index contributed by atoms with van der Waals surface area (Å²) in [4.78, 5) is 4.43. The molecular formula is C15H20N2O2S. The lowest BCUT2D eigenvalue weighted by molar-refractivity contribution is 0.497. The lowest BCUT2D eigenvalue weighted by Crippen LogP contribution is -2.42. The second kappa shape index (κ2) is 4.82. The van der Waals surface area contributed by atoms with Gasteiger partial charge in [0.15, 0.2) is 9.84 Å². The summed E-state index contributed by atoms with van der Waals surface area (Å²) in [6.45, 7) is 5.25. The number of pyridine rings is 1. The molecule has 0 saturated heterocycles. The van der Waals surface area contributed by atoms with E-state index in [2.05, 4.69) is 4.98 Å². The van der Waals surface area contributed by atoms with Gasteiger partial charge in [0.05, 0.1) is 10.3 Å². The maximum absolute atomic E-state index is 11.9. The van der Waals surface area contributed by atoms with E-state index in [0.717, 1.165) is 22.2 Å². The molecule has 0 bridgehead atoms. The Kier molecular flexibility index (Phi) is 3.60. The zero-order valence-electron chi connectivity index (χ0n) is 12.2. The van der Waals surface area contributed by atoms with Gasteiger partial charge < -0.3 is 5.73 Å². The summed E-state index contributed by atoms with van der Waals surface area (Å²) in [5, 5.41) is 0.966. The average molecular weight is 292 g/mol. The second-order valence-corrected chi connectivity index (χ2v) is 8.35. The Morgan fingerprint density at radius 2 is 1.85 bits per heavy atom. The molecule has 1 unspecified atom stereocenters. The van der Waals surface area contributed by atoms with Crippen molar-refractivity contribution in [2.75, 3.05) is 6.26 Å². The molecular weight excluding hydrogens is 272 g/mol. The van der Waals surface area contributed by atoms with Gasteiger partial charge in [0.25, 0.3) is 0 Å². The highest BCUT2D eigenvalue weighted by atomic mass is 32.2. The van der Waals surface area contributed by atoms with Crippen molar-refractivity contribution in [1.82, 2.24) is 4.98 Å².